The lowest BCUT2D eigenvalue weighted by Crippen LogP contribution is -2.05. The molecule has 2 rings (SSSR count). The molecule has 1 aromatic heterocycles. The summed E-state index contributed by atoms with van der Waals surface area (Å²) in [4.78, 5) is 4.27. The van der Waals surface area contributed by atoms with Crippen LogP contribution in [0.3, 0.4) is 0 Å². The molecule has 1 heterocycles. The molecule has 19 heavy (non-hydrogen) atoms. The number of hydrogen-bond acceptors (Lipinski definition) is 2. The molecule has 0 aliphatic rings. The molecule has 0 saturated carbocycles. The van der Waals surface area contributed by atoms with Crippen LogP contribution >= 0.6 is 22.9 Å². The first kappa shape index (κ1) is 14.3. The highest BCUT2D eigenvalue weighted by Crippen LogP contribution is 2.31. The summed E-state index contributed by atoms with van der Waals surface area (Å²) in [6, 6.07) is 5.06. The standard InChI is InChI=1S/C13H11ClF3NS/c1-8-18-12(7-19-8)11(14)6-9-2-4-10(5-3-9)13(15,16)17/h2-5,7,11H,6H2,1H3. The second-order valence-corrected chi connectivity index (χ2v) is 5.75. The molecule has 1 nitrogen and oxygen atoms in total. The third-order valence-corrected chi connectivity index (χ3v) is 3.82. The largest absolute Gasteiger partial charge is 0.416 e. The molecule has 0 saturated heterocycles. The number of aromatic nitrogens is 1. The molecule has 1 aromatic carbocycles. The molecule has 0 aliphatic carbocycles. The van der Waals surface area contributed by atoms with Gasteiger partial charge in [0.1, 0.15) is 0 Å². The van der Waals surface area contributed by atoms with Crippen LogP contribution in [0.15, 0.2) is 29.6 Å². The highest BCUT2D eigenvalue weighted by molar-refractivity contribution is 7.09. The summed E-state index contributed by atoms with van der Waals surface area (Å²) >= 11 is 7.71. The predicted octanol–water partition coefficient (Wildman–Crippen LogP) is 4.99. The Morgan fingerprint density at radius 2 is 1.89 bits per heavy atom. The molecule has 0 fully saturated rings. The van der Waals surface area contributed by atoms with Gasteiger partial charge in [0.15, 0.2) is 0 Å². The van der Waals surface area contributed by atoms with E-state index in [0.717, 1.165) is 28.4 Å². The summed E-state index contributed by atoms with van der Waals surface area (Å²) in [5.41, 5.74) is 0.884. The maximum Gasteiger partial charge on any atom is 0.416 e. The summed E-state index contributed by atoms with van der Waals surface area (Å²) in [5.74, 6) is 0. The van der Waals surface area contributed by atoms with Crippen molar-refractivity contribution in [3.63, 3.8) is 0 Å². The number of aryl methyl sites for hydroxylation is 1. The molecule has 102 valence electrons. The van der Waals surface area contributed by atoms with Crippen LogP contribution in [0.4, 0.5) is 13.2 Å². The molecule has 0 spiro atoms. The van der Waals surface area contributed by atoms with Gasteiger partial charge in [0.05, 0.1) is 21.6 Å². The van der Waals surface area contributed by atoms with Crippen molar-refractivity contribution < 1.29 is 13.2 Å². The van der Waals surface area contributed by atoms with E-state index in [0.29, 0.717) is 6.42 Å². The van der Waals surface area contributed by atoms with Crippen molar-refractivity contribution in [3.05, 3.63) is 51.5 Å². The third-order valence-electron chi connectivity index (χ3n) is 2.65. The molecule has 1 atom stereocenters. The Hall–Kier alpha value is -1.07. The minimum Gasteiger partial charge on any atom is -0.245 e. The van der Waals surface area contributed by atoms with E-state index in [2.05, 4.69) is 4.98 Å². The fourth-order valence-corrected chi connectivity index (χ4v) is 2.70. The number of rotatable bonds is 3. The van der Waals surface area contributed by atoms with Gasteiger partial charge in [0.2, 0.25) is 0 Å². The summed E-state index contributed by atoms with van der Waals surface area (Å²) < 4.78 is 37.2. The van der Waals surface area contributed by atoms with Crippen molar-refractivity contribution in [3.8, 4) is 0 Å². The van der Waals surface area contributed by atoms with E-state index < -0.39 is 11.7 Å². The maximum atomic E-state index is 12.4. The molecule has 6 heteroatoms. The van der Waals surface area contributed by atoms with Gasteiger partial charge in [-0.2, -0.15) is 13.2 Å². The molecular formula is C13H11ClF3NS. The summed E-state index contributed by atoms with van der Waals surface area (Å²) in [5, 5.41) is 2.48. The zero-order valence-electron chi connectivity index (χ0n) is 10.0. The molecule has 0 bridgehead atoms. The first-order valence-corrected chi connectivity index (χ1v) is 6.90. The molecule has 0 amide bonds. The molecular weight excluding hydrogens is 295 g/mol. The Morgan fingerprint density at radius 3 is 2.37 bits per heavy atom. The second-order valence-electron chi connectivity index (χ2n) is 4.16. The molecule has 0 aliphatic heterocycles. The van der Waals surface area contributed by atoms with Crippen LogP contribution in [0.1, 0.15) is 27.2 Å². The van der Waals surface area contributed by atoms with E-state index in [-0.39, 0.29) is 5.38 Å². The molecule has 1 unspecified atom stereocenters. The van der Waals surface area contributed by atoms with Gasteiger partial charge in [0, 0.05) is 5.38 Å². The van der Waals surface area contributed by atoms with Crippen LogP contribution in [-0.4, -0.2) is 4.98 Å². The zero-order chi connectivity index (χ0) is 14.0. The monoisotopic (exact) mass is 305 g/mol. The van der Waals surface area contributed by atoms with E-state index in [1.807, 2.05) is 12.3 Å². The number of alkyl halides is 4. The van der Waals surface area contributed by atoms with E-state index in [4.69, 9.17) is 11.6 Å². The van der Waals surface area contributed by atoms with Crippen LogP contribution in [0.2, 0.25) is 0 Å². The number of halogens is 4. The predicted molar refractivity (Wildman–Crippen MR) is 70.6 cm³/mol. The Balaban J connectivity index is 2.07. The van der Waals surface area contributed by atoms with Gasteiger partial charge in [-0.05, 0) is 31.0 Å². The zero-order valence-corrected chi connectivity index (χ0v) is 11.6. The average molecular weight is 306 g/mol. The van der Waals surface area contributed by atoms with E-state index in [1.54, 1.807) is 0 Å². The van der Waals surface area contributed by atoms with Crippen molar-refractivity contribution in [1.29, 1.82) is 0 Å². The number of hydrogen-bond donors (Lipinski definition) is 0. The van der Waals surface area contributed by atoms with Crippen molar-refractivity contribution >= 4 is 22.9 Å². The maximum absolute atomic E-state index is 12.4. The average Bonchev–Trinajstić information content (AvgIpc) is 2.75. The number of thiazole rings is 1. The van der Waals surface area contributed by atoms with Crippen LogP contribution in [0.25, 0.3) is 0 Å². The fraction of sp³-hybridized carbons (Fsp3) is 0.308. The lowest BCUT2D eigenvalue weighted by molar-refractivity contribution is -0.137. The minimum atomic E-state index is -4.30. The Kier molecular flexibility index (Phi) is 4.16. The molecule has 0 N–H and O–H groups in total. The van der Waals surface area contributed by atoms with Crippen LogP contribution in [-0.2, 0) is 12.6 Å². The van der Waals surface area contributed by atoms with E-state index in [1.165, 1.54) is 23.5 Å². The van der Waals surface area contributed by atoms with Gasteiger partial charge >= 0.3 is 6.18 Å². The third kappa shape index (κ3) is 3.70. The highest BCUT2D eigenvalue weighted by atomic mass is 35.5. The van der Waals surface area contributed by atoms with Crippen molar-refractivity contribution in [2.24, 2.45) is 0 Å². The van der Waals surface area contributed by atoms with Gasteiger partial charge in [-0.25, -0.2) is 4.98 Å². The van der Waals surface area contributed by atoms with Crippen LogP contribution in [0, 0.1) is 6.92 Å². The van der Waals surface area contributed by atoms with Crippen LogP contribution in [0.5, 0.6) is 0 Å². The smallest absolute Gasteiger partial charge is 0.245 e. The Labute approximate surface area is 118 Å². The van der Waals surface area contributed by atoms with Gasteiger partial charge in [-0.1, -0.05) is 12.1 Å². The fourth-order valence-electron chi connectivity index (χ4n) is 1.67. The summed E-state index contributed by atoms with van der Waals surface area (Å²) in [7, 11) is 0. The SMILES string of the molecule is Cc1nc(C(Cl)Cc2ccc(C(F)(F)F)cc2)cs1. The molecule has 2 aromatic rings. The lowest BCUT2D eigenvalue weighted by Gasteiger charge is -2.09. The minimum absolute atomic E-state index is 0.318. The summed E-state index contributed by atoms with van der Waals surface area (Å²) in [6.07, 6.45) is -3.84. The van der Waals surface area contributed by atoms with Gasteiger partial charge in [0.25, 0.3) is 0 Å². The second kappa shape index (κ2) is 5.51. The lowest BCUT2D eigenvalue weighted by atomic mass is 10.1. The normalized spacial score (nSPS) is 13.5. The van der Waals surface area contributed by atoms with Crippen molar-refractivity contribution in [1.82, 2.24) is 4.98 Å². The van der Waals surface area contributed by atoms with Gasteiger partial charge in [-0.3, -0.25) is 0 Å². The quantitative estimate of drug-likeness (QED) is 0.728. The highest BCUT2D eigenvalue weighted by Gasteiger charge is 2.30. The summed E-state index contributed by atoms with van der Waals surface area (Å²) in [6.45, 7) is 1.88. The van der Waals surface area contributed by atoms with Crippen molar-refractivity contribution in [2.45, 2.75) is 24.9 Å². The van der Waals surface area contributed by atoms with Gasteiger partial charge in [-0.15, -0.1) is 22.9 Å². The number of benzene rings is 1. The topological polar surface area (TPSA) is 12.9 Å². The molecule has 0 radical (unpaired) electrons. The Morgan fingerprint density at radius 1 is 1.26 bits per heavy atom. The van der Waals surface area contributed by atoms with Crippen molar-refractivity contribution in [2.75, 3.05) is 0 Å². The first-order valence-electron chi connectivity index (χ1n) is 5.58. The first-order chi connectivity index (χ1) is 8.86. The van der Waals surface area contributed by atoms with E-state index >= 15 is 0 Å². The van der Waals surface area contributed by atoms with E-state index in [9.17, 15) is 13.2 Å². The number of nitrogens with zero attached hydrogens (tertiary/aromatic N) is 1. The van der Waals surface area contributed by atoms with Crippen LogP contribution < -0.4 is 0 Å². The Bertz CT molecular complexity index is 548. The van der Waals surface area contributed by atoms with Gasteiger partial charge < -0.3 is 0 Å².